The highest BCUT2D eigenvalue weighted by atomic mass is 32.1. The van der Waals surface area contributed by atoms with Crippen LogP contribution in [-0.2, 0) is 9.53 Å². The first-order valence-electron chi connectivity index (χ1n) is 6.74. The van der Waals surface area contributed by atoms with Gasteiger partial charge in [0.2, 0.25) is 5.13 Å². The van der Waals surface area contributed by atoms with Crippen LogP contribution in [0.4, 0.5) is 9.93 Å². The Hall–Kier alpha value is -1.74. The average molecular weight is 314 g/mol. The van der Waals surface area contributed by atoms with Gasteiger partial charge in [0.05, 0.1) is 19.1 Å². The Kier molecular flexibility index (Phi) is 5.45. The second-order valence-electron chi connectivity index (χ2n) is 4.76. The lowest BCUT2D eigenvalue weighted by Crippen LogP contribution is -2.43. The Morgan fingerprint density at radius 1 is 1.43 bits per heavy atom. The van der Waals surface area contributed by atoms with E-state index in [1.54, 1.807) is 4.90 Å². The van der Waals surface area contributed by atoms with Crippen LogP contribution in [0.2, 0.25) is 0 Å². The Bertz CT molecular complexity index is 499. The van der Waals surface area contributed by atoms with Crippen LogP contribution in [0.5, 0.6) is 0 Å². The fourth-order valence-corrected chi connectivity index (χ4v) is 2.64. The molecule has 0 aliphatic carbocycles. The first kappa shape index (κ1) is 15.6. The van der Waals surface area contributed by atoms with E-state index in [1.807, 2.05) is 6.92 Å². The van der Waals surface area contributed by atoms with Crippen molar-refractivity contribution in [3.05, 3.63) is 5.01 Å². The normalized spacial score (nSPS) is 16.0. The van der Waals surface area contributed by atoms with E-state index in [-0.39, 0.29) is 25.2 Å². The highest BCUT2D eigenvalue weighted by Crippen LogP contribution is 2.17. The van der Waals surface area contributed by atoms with E-state index in [1.165, 1.54) is 11.3 Å². The summed E-state index contributed by atoms with van der Waals surface area (Å²) in [7, 11) is 0. The van der Waals surface area contributed by atoms with Crippen LogP contribution < -0.4 is 5.32 Å². The summed E-state index contributed by atoms with van der Waals surface area (Å²) >= 11 is 1.33. The van der Waals surface area contributed by atoms with Crippen molar-refractivity contribution in [1.82, 2.24) is 15.1 Å². The van der Waals surface area contributed by atoms with E-state index < -0.39 is 5.97 Å². The number of carbonyl (C=O) groups is 2. The molecule has 2 rings (SSSR count). The third-order valence-electron chi connectivity index (χ3n) is 3.14. The van der Waals surface area contributed by atoms with Gasteiger partial charge < -0.3 is 14.7 Å². The van der Waals surface area contributed by atoms with Crippen LogP contribution >= 0.6 is 11.3 Å². The second-order valence-corrected chi connectivity index (χ2v) is 5.94. The van der Waals surface area contributed by atoms with Crippen molar-refractivity contribution in [3.63, 3.8) is 0 Å². The summed E-state index contributed by atoms with van der Waals surface area (Å²) in [5.74, 6) is -0.862. The Labute approximate surface area is 126 Å². The quantitative estimate of drug-likeness (QED) is 0.849. The van der Waals surface area contributed by atoms with E-state index in [0.717, 1.165) is 5.01 Å². The predicted octanol–water partition coefficient (Wildman–Crippen LogP) is 1.33. The minimum absolute atomic E-state index is 0.0110. The van der Waals surface area contributed by atoms with Crippen molar-refractivity contribution in [1.29, 1.82) is 0 Å². The van der Waals surface area contributed by atoms with Gasteiger partial charge in [-0.1, -0.05) is 11.3 Å². The molecule has 1 fully saturated rings. The number of carboxylic acids is 1. The molecule has 21 heavy (non-hydrogen) atoms. The number of anilines is 1. The lowest BCUT2D eigenvalue weighted by molar-refractivity contribution is -0.138. The van der Waals surface area contributed by atoms with Crippen LogP contribution in [0.25, 0.3) is 0 Å². The molecule has 0 radical (unpaired) electrons. The molecule has 2 heterocycles. The van der Waals surface area contributed by atoms with E-state index >= 15 is 0 Å². The van der Waals surface area contributed by atoms with Gasteiger partial charge in [0.15, 0.2) is 0 Å². The molecule has 0 bridgehead atoms. The molecule has 1 saturated heterocycles. The van der Waals surface area contributed by atoms with E-state index in [4.69, 9.17) is 9.84 Å². The highest BCUT2D eigenvalue weighted by molar-refractivity contribution is 7.15. The predicted molar refractivity (Wildman–Crippen MR) is 76.5 cm³/mol. The van der Waals surface area contributed by atoms with Gasteiger partial charge in [-0.3, -0.25) is 10.1 Å². The van der Waals surface area contributed by atoms with Crippen LogP contribution in [0, 0.1) is 6.92 Å². The van der Waals surface area contributed by atoms with Crippen LogP contribution in [0.15, 0.2) is 0 Å². The number of hydrogen-bond acceptors (Lipinski definition) is 6. The maximum atomic E-state index is 12.0. The number of likely N-dealkylation sites (tertiary alicyclic amines) is 1. The second kappa shape index (κ2) is 7.32. The monoisotopic (exact) mass is 314 g/mol. The summed E-state index contributed by atoms with van der Waals surface area (Å²) in [6.45, 7) is 3.21. The molecule has 1 aromatic rings. The van der Waals surface area contributed by atoms with E-state index in [0.29, 0.717) is 31.1 Å². The van der Waals surface area contributed by atoms with Gasteiger partial charge in [0, 0.05) is 13.1 Å². The minimum atomic E-state index is -0.862. The summed E-state index contributed by atoms with van der Waals surface area (Å²) in [6.07, 6.45) is 1.46. The number of amides is 2. The van der Waals surface area contributed by atoms with Crippen molar-refractivity contribution < 1.29 is 19.4 Å². The number of hydrogen-bond donors (Lipinski definition) is 2. The van der Waals surface area contributed by atoms with Gasteiger partial charge in [-0.05, 0) is 19.8 Å². The number of piperidine rings is 1. The topological polar surface area (TPSA) is 105 Å². The molecular formula is C12H18N4O4S. The molecular weight excluding hydrogens is 296 g/mol. The largest absolute Gasteiger partial charge is 0.481 e. The van der Waals surface area contributed by atoms with Gasteiger partial charge in [-0.25, -0.2) is 4.79 Å². The molecule has 0 unspecified atom stereocenters. The molecule has 0 saturated carbocycles. The number of aliphatic carboxylic acids is 1. The van der Waals surface area contributed by atoms with Gasteiger partial charge in [-0.15, -0.1) is 10.2 Å². The number of urea groups is 1. The molecule has 1 aliphatic rings. The lowest BCUT2D eigenvalue weighted by Gasteiger charge is -2.31. The molecule has 2 amide bonds. The summed E-state index contributed by atoms with van der Waals surface area (Å²) in [5, 5.41) is 20.3. The van der Waals surface area contributed by atoms with Crippen LogP contribution in [0.1, 0.15) is 24.3 Å². The molecule has 9 heteroatoms. The number of ether oxygens (including phenoxy) is 1. The fourth-order valence-electron chi connectivity index (χ4n) is 2.06. The van der Waals surface area contributed by atoms with Gasteiger partial charge in [-0.2, -0.15) is 0 Å². The summed E-state index contributed by atoms with van der Waals surface area (Å²) in [6, 6.07) is -0.185. The van der Waals surface area contributed by atoms with Gasteiger partial charge >= 0.3 is 12.0 Å². The third kappa shape index (κ3) is 4.94. The first-order chi connectivity index (χ1) is 10.0. The van der Waals surface area contributed by atoms with Crippen molar-refractivity contribution >= 4 is 28.5 Å². The van der Waals surface area contributed by atoms with Crippen molar-refractivity contribution in [2.45, 2.75) is 32.3 Å². The number of carbonyl (C=O) groups excluding carboxylic acids is 1. The van der Waals surface area contributed by atoms with Crippen LogP contribution in [0.3, 0.4) is 0 Å². The molecule has 0 aromatic carbocycles. The molecule has 116 valence electrons. The van der Waals surface area contributed by atoms with Gasteiger partial charge in [0.25, 0.3) is 0 Å². The molecule has 1 aromatic heterocycles. The number of rotatable bonds is 5. The van der Waals surface area contributed by atoms with E-state index in [9.17, 15) is 9.59 Å². The fraction of sp³-hybridized carbons (Fsp3) is 0.667. The molecule has 0 atom stereocenters. The van der Waals surface area contributed by atoms with Gasteiger partial charge in [0.1, 0.15) is 5.01 Å². The zero-order chi connectivity index (χ0) is 15.2. The zero-order valence-electron chi connectivity index (χ0n) is 11.7. The first-order valence-corrected chi connectivity index (χ1v) is 7.55. The minimum Gasteiger partial charge on any atom is -0.481 e. The summed E-state index contributed by atoms with van der Waals surface area (Å²) < 4.78 is 5.48. The standard InChI is InChI=1S/C12H18N4O4S/c1-8-14-15-11(21-8)13-12(19)16-5-2-9(3-6-16)20-7-4-10(17)18/h9H,2-7H2,1H3,(H,17,18)(H,13,15,19). The summed E-state index contributed by atoms with van der Waals surface area (Å²) in [5.41, 5.74) is 0. The average Bonchev–Trinajstić information content (AvgIpc) is 2.84. The maximum absolute atomic E-state index is 12.0. The Morgan fingerprint density at radius 3 is 2.71 bits per heavy atom. The zero-order valence-corrected chi connectivity index (χ0v) is 12.6. The smallest absolute Gasteiger partial charge is 0.323 e. The number of aryl methyl sites for hydroxylation is 1. The SMILES string of the molecule is Cc1nnc(NC(=O)N2CCC(OCCC(=O)O)CC2)s1. The molecule has 0 spiro atoms. The number of carboxylic acid groups (broad SMARTS) is 1. The molecule has 2 N–H and O–H groups in total. The molecule has 8 nitrogen and oxygen atoms in total. The highest BCUT2D eigenvalue weighted by Gasteiger charge is 2.23. The molecule has 1 aliphatic heterocycles. The van der Waals surface area contributed by atoms with Crippen molar-refractivity contribution in [2.24, 2.45) is 0 Å². The third-order valence-corrected chi connectivity index (χ3v) is 3.89. The number of nitrogens with one attached hydrogen (secondary N) is 1. The lowest BCUT2D eigenvalue weighted by atomic mass is 10.1. The number of aromatic nitrogens is 2. The van der Waals surface area contributed by atoms with Crippen LogP contribution in [-0.4, -0.2) is 58.0 Å². The summed E-state index contributed by atoms with van der Waals surface area (Å²) in [4.78, 5) is 24.1. The maximum Gasteiger partial charge on any atom is 0.323 e. The van der Waals surface area contributed by atoms with Crippen molar-refractivity contribution in [3.8, 4) is 0 Å². The Morgan fingerprint density at radius 2 is 2.14 bits per heavy atom. The van der Waals surface area contributed by atoms with E-state index in [2.05, 4.69) is 15.5 Å². The Balaban J connectivity index is 1.70. The number of nitrogens with zero attached hydrogens (tertiary/aromatic N) is 3. The van der Waals surface area contributed by atoms with Crippen molar-refractivity contribution in [2.75, 3.05) is 25.0 Å².